The summed E-state index contributed by atoms with van der Waals surface area (Å²) in [6.45, 7) is 1.45. The lowest BCUT2D eigenvalue weighted by Crippen LogP contribution is -2.38. The molecule has 1 aromatic heterocycles. The van der Waals surface area contributed by atoms with Gasteiger partial charge in [0.15, 0.2) is 0 Å². The first-order valence-corrected chi connectivity index (χ1v) is 6.56. The zero-order valence-corrected chi connectivity index (χ0v) is 12.7. The molecule has 23 heavy (non-hydrogen) atoms. The van der Waals surface area contributed by atoms with E-state index in [1.165, 1.54) is 39.2 Å². The summed E-state index contributed by atoms with van der Waals surface area (Å²) in [7, 11) is 2.72. The van der Waals surface area contributed by atoms with Crippen LogP contribution in [-0.2, 0) is 14.1 Å². The lowest BCUT2D eigenvalue weighted by Gasteiger charge is -2.11. The van der Waals surface area contributed by atoms with E-state index in [1.54, 1.807) is 0 Å². The minimum absolute atomic E-state index is 0.00834. The predicted octanol–water partition coefficient (Wildman–Crippen LogP) is 0.553. The number of nitro benzene ring substituents is 1. The Kier molecular flexibility index (Phi) is 4.12. The van der Waals surface area contributed by atoms with Crippen molar-refractivity contribution < 1.29 is 9.72 Å². The van der Waals surface area contributed by atoms with Gasteiger partial charge in [0.2, 0.25) is 0 Å². The smallest absolute Gasteiger partial charge is 0.308 e. The highest BCUT2D eigenvalue weighted by Gasteiger charge is 2.19. The standard InChI is InChI=1S/C14H14N4O5/c1-8-9(5-4-6-10(8)18(22)23)13(20)15-11-7-12(19)17(3)14(21)16(11)2/h4-7H,1-3H3,(H,15,20). The van der Waals surface area contributed by atoms with Gasteiger partial charge in [-0.2, -0.15) is 0 Å². The summed E-state index contributed by atoms with van der Waals surface area (Å²) < 4.78 is 2.00. The number of carbonyl (C=O) groups excluding carboxylic acids is 1. The van der Waals surface area contributed by atoms with E-state index in [0.29, 0.717) is 0 Å². The molecule has 1 aromatic carbocycles. The summed E-state index contributed by atoms with van der Waals surface area (Å²) in [6.07, 6.45) is 0. The largest absolute Gasteiger partial charge is 0.332 e. The lowest BCUT2D eigenvalue weighted by molar-refractivity contribution is -0.385. The molecule has 2 rings (SSSR count). The summed E-state index contributed by atoms with van der Waals surface area (Å²) in [4.78, 5) is 46.1. The highest BCUT2D eigenvalue weighted by molar-refractivity contribution is 6.05. The van der Waals surface area contributed by atoms with Crippen molar-refractivity contribution in [1.29, 1.82) is 0 Å². The molecule has 0 unspecified atom stereocenters. The van der Waals surface area contributed by atoms with E-state index in [9.17, 15) is 24.5 Å². The number of anilines is 1. The van der Waals surface area contributed by atoms with Crippen molar-refractivity contribution >= 4 is 17.4 Å². The van der Waals surface area contributed by atoms with Crippen LogP contribution in [0.4, 0.5) is 11.5 Å². The van der Waals surface area contributed by atoms with Gasteiger partial charge in [-0.25, -0.2) is 4.79 Å². The van der Waals surface area contributed by atoms with E-state index in [0.717, 1.165) is 15.2 Å². The van der Waals surface area contributed by atoms with Crippen molar-refractivity contribution in [1.82, 2.24) is 9.13 Å². The van der Waals surface area contributed by atoms with E-state index in [2.05, 4.69) is 5.32 Å². The fourth-order valence-electron chi connectivity index (χ4n) is 2.10. The SMILES string of the molecule is Cc1c(C(=O)Nc2cc(=O)n(C)c(=O)n2C)cccc1[N+](=O)[O-]. The molecule has 0 fully saturated rings. The molecular formula is C14H14N4O5. The average molecular weight is 318 g/mol. The molecule has 0 spiro atoms. The number of carbonyl (C=O) groups is 1. The molecule has 0 aliphatic heterocycles. The Balaban J connectivity index is 2.46. The van der Waals surface area contributed by atoms with E-state index >= 15 is 0 Å². The third-order valence-corrected chi connectivity index (χ3v) is 3.51. The van der Waals surface area contributed by atoms with Gasteiger partial charge < -0.3 is 5.32 Å². The summed E-state index contributed by atoms with van der Waals surface area (Å²) in [5.74, 6) is -0.636. The van der Waals surface area contributed by atoms with Crippen molar-refractivity contribution in [2.75, 3.05) is 5.32 Å². The zero-order chi connectivity index (χ0) is 17.3. The molecule has 0 radical (unpaired) electrons. The van der Waals surface area contributed by atoms with Crippen LogP contribution >= 0.6 is 0 Å². The normalized spacial score (nSPS) is 10.4. The molecule has 0 saturated heterocycles. The Morgan fingerprint density at radius 1 is 1.22 bits per heavy atom. The minimum Gasteiger partial charge on any atom is -0.308 e. The third-order valence-electron chi connectivity index (χ3n) is 3.51. The van der Waals surface area contributed by atoms with Gasteiger partial charge in [0, 0.05) is 37.4 Å². The number of hydrogen-bond donors (Lipinski definition) is 1. The maximum Gasteiger partial charge on any atom is 0.332 e. The van der Waals surface area contributed by atoms with Crippen molar-refractivity contribution in [2.45, 2.75) is 6.92 Å². The van der Waals surface area contributed by atoms with Gasteiger partial charge in [0.1, 0.15) is 5.82 Å². The highest BCUT2D eigenvalue weighted by Crippen LogP contribution is 2.21. The van der Waals surface area contributed by atoms with Crippen LogP contribution in [-0.4, -0.2) is 20.0 Å². The number of nitrogens with one attached hydrogen (secondary N) is 1. The van der Waals surface area contributed by atoms with Crippen molar-refractivity contribution in [3.05, 3.63) is 66.3 Å². The van der Waals surface area contributed by atoms with Crippen LogP contribution in [0.25, 0.3) is 0 Å². The average Bonchev–Trinajstić information content (AvgIpc) is 2.50. The number of rotatable bonds is 3. The van der Waals surface area contributed by atoms with Gasteiger partial charge >= 0.3 is 5.69 Å². The Hall–Kier alpha value is -3.23. The van der Waals surface area contributed by atoms with Crippen LogP contribution in [0.2, 0.25) is 0 Å². The van der Waals surface area contributed by atoms with Crippen LogP contribution in [0.3, 0.4) is 0 Å². The monoisotopic (exact) mass is 318 g/mol. The summed E-state index contributed by atoms with van der Waals surface area (Å²) >= 11 is 0. The Bertz CT molecular complexity index is 926. The van der Waals surface area contributed by atoms with Gasteiger partial charge in [-0.3, -0.25) is 28.8 Å². The van der Waals surface area contributed by atoms with Gasteiger partial charge in [-0.1, -0.05) is 6.07 Å². The molecule has 0 bridgehead atoms. The molecule has 1 heterocycles. The highest BCUT2D eigenvalue weighted by atomic mass is 16.6. The third kappa shape index (κ3) is 2.89. The molecule has 0 aliphatic rings. The van der Waals surface area contributed by atoms with Gasteiger partial charge in [-0.15, -0.1) is 0 Å². The second kappa shape index (κ2) is 5.87. The Labute approximate surface area is 129 Å². The lowest BCUT2D eigenvalue weighted by atomic mass is 10.1. The van der Waals surface area contributed by atoms with Gasteiger partial charge in [-0.05, 0) is 13.0 Å². The molecule has 1 N–H and O–H groups in total. The quantitative estimate of drug-likeness (QED) is 0.655. The predicted molar refractivity (Wildman–Crippen MR) is 82.7 cm³/mol. The first kappa shape index (κ1) is 16.1. The van der Waals surface area contributed by atoms with E-state index in [4.69, 9.17) is 0 Å². The molecule has 1 amide bonds. The van der Waals surface area contributed by atoms with E-state index in [1.807, 2.05) is 0 Å². The Morgan fingerprint density at radius 3 is 2.48 bits per heavy atom. The molecule has 120 valence electrons. The maximum atomic E-state index is 12.3. The minimum atomic E-state index is -0.644. The van der Waals surface area contributed by atoms with Crippen LogP contribution in [0, 0.1) is 17.0 Å². The number of aromatic nitrogens is 2. The fraction of sp³-hybridized carbons (Fsp3) is 0.214. The van der Waals surface area contributed by atoms with E-state index < -0.39 is 22.1 Å². The van der Waals surface area contributed by atoms with Crippen LogP contribution in [0.5, 0.6) is 0 Å². The first-order chi connectivity index (χ1) is 10.7. The van der Waals surface area contributed by atoms with Crippen LogP contribution in [0.1, 0.15) is 15.9 Å². The second-order valence-corrected chi connectivity index (χ2v) is 4.93. The van der Waals surface area contributed by atoms with Gasteiger partial charge in [0.25, 0.3) is 17.2 Å². The van der Waals surface area contributed by atoms with Crippen molar-refractivity contribution in [3.63, 3.8) is 0 Å². The fourth-order valence-corrected chi connectivity index (χ4v) is 2.10. The van der Waals surface area contributed by atoms with Gasteiger partial charge in [0.05, 0.1) is 4.92 Å². The second-order valence-electron chi connectivity index (χ2n) is 4.93. The maximum absolute atomic E-state index is 12.3. The number of benzene rings is 1. The topological polar surface area (TPSA) is 116 Å². The van der Waals surface area contributed by atoms with Crippen molar-refractivity contribution in [2.24, 2.45) is 14.1 Å². The van der Waals surface area contributed by atoms with Crippen LogP contribution < -0.4 is 16.6 Å². The number of amides is 1. The summed E-state index contributed by atoms with van der Waals surface area (Å²) in [6, 6.07) is 5.21. The number of hydrogen-bond acceptors (Lipinski definition) is 5. The number of nitro groups is 1. The molecule has 2 aromatic rings. The molecular weight excluding hydrogens is 304 g/mol. The summed E-state index contributed by atoms with van der Waals surface area (Å²) in [5, 5.41) is 13.4. The summed E-state index contributed by atoms with van der Waals surface area (Å²) in [5.41, 5.74) is -1.06. The zero-order valence-electron chi connectivity index (χ0n) is 12.7. The molecule has 0 atom stereocenters. The Morgan fingerprint density at radius 2 is 1.87 bits per heavy atom. The first-order valence-electron chi connectivity index (χ1n) is 6.56. The van der Waals surface area contributed by atoms with E-state index in [-0.39, 0.29) is 22.6 Å². The molecule has 9 heteroatoms. The molecule has 0 aliphatic carbocycles. The van der Waals surface area contributed by atoms with Crippen molar-refractivity contribution in [3.8, 4) is 0 Å². The van der Waals surface area contributed by atoms with Crippen LogP contribution in [0.15, 0.2) is 33.9 Å². The molecule has 9 nitrogen and oxygen atoms in total. The number of nitrogens with zero attached hydrogens (tertiary/aromatic N) is 3. The molecule has 0 saturated carbocycles.